The number of carbonyl (C=O) groups is 2. The molecule has 0 radical (unpaired) electrons. The molecule has 1 unspecified atom stereocenters. The van der Waals surface area contributed by atoms with Crippen LogP contribution in [-0.4, -0.2) is 54.3 Å². The van der Waals surface area contributed by atoms with Crippen LogP contribution in [0.2, 0.25) is 0 Å². The number of ether oxygens (including phenoxy) is 1. The molecule has 4 rings (SSSR count). The smallest absolute Gasteiger partial charge is 0.271 e. The van der Waals surface area contributed by atoms with E-state index in [4.69, 9.17) is 9.57 Å². The zero-order chi connectivity index (χ0) is 20.3. The van der Waals surface area contributed by atoms with Crippen LogP contribution in [0.3, 0.4) is 0 Å². The lowest BCUT2D eigenvalue weighted by Gasteiger charge is -2.27. The van der Waals surface area contributed by atoms with E-state index in [9.17, 15) is 9.59 Å². The molecule has 7 nitrogen and oxygen atoms in total. The number of hydrogen-bond acceptors (Lipinski definition) is 5. The molecular weight excluding hydrogens is 370 g/mol. The highest BCUT2D eigenvalue weighted by molar-refractivity contribution is 6.08. The number of morpholine rings is 1. The van der Waals surface area contributed by atoms with Gasteiger partial charge in [-0.2, -0.15) is 0 Å². The van der Waals surface area contributed by atoms with Crippen molar-refractivity contribution in [3.63, 3.8) is 0 Å². The molecule has 1 fully saturated rings. The van der Waals surface area contributed by atoms with Crippen molar-refractivity contribution < 1.29 is 19.2 Å². The summed E-state index contributed by atoms with van der Waals surface area (Å²) in [6, 6.07) is 16.6. The van der Waals surface area contributed by atoms with Crippen LogP contribution in [0.1, 0.15) is 29.3 Å². The number of rotatable bonds is 4. The number of benzene rings is 2. The molecule has 0 saturated carbocycles. The van der Waals surface area contributed by atoms with Gasteiger partial charge in [0.15, 0.2) is 0 Å². The third-order valence-electron chi connectivity index (χ3n) is 5.12. The molecule has 1 saturated heterocycles. The molecule has 1 N–H and O–H groups in total. The van der Waals surface area contributed by atoms with Crippen LogP contribution in [0, 0.1) is 0 Å². The normalized spacial score (nSPS) is 21.3. The van der Waals surface area contributed by atoms with Crippen LogP contribution in [0.5, 0.6) is 0 Å². The van der Waals surface area contributed by atoms with Crippen molar-refractivity contribution in [3.05, 3.63) is 65.7 Å². The quantitative estimate of drug-likeness (QED) is 0.866. The summed E-state index contributed by atoms with van der Waals surface area (Å²) in [6.07, 6.45) is 0.370. The molecule has 0 aromatic heterocycles. The summed E-state index contributed by atoms with van der Waals surface area (Å²) in [7, 11) is 0. The van der Waals surface area contributed by atoms with Gasteiger partial charge in [0.25, 0.3) is 11.8 Å². The van der Waals surface area contributed by atoms with E-state index < -0.39 is 5.60 Å². The van der Waals surface area contributed by atoms with Crippen molar-refractivity contribution in [2.45, 2.75) is 18.9 Å². The highest BCUT2D eigenvalue weighted by Gasteiger charge is 2.42. The number of anilines is 1. The number of carbonyl (C=O) groups excluding carboxylic acids is 2. The van der Waals surface area contributed by atoms with Gasteiger partial charge in [0, 0.05) is 30.8 Å². The summed E-state index contributed by atoms with van der Waals surface area (Å²) < 4.78 is 5.30. The number of amides is 2. The molecule has 0 aliphatic carbocycles. The van der Waals surface area contributed by atoms with Crippen LogP contribution in [-0.2, 0) is 14.4 Å². The Hall–Kier alpha value is -3.19. The van der Waals surface area contributed by atoms with E-state index >= 15 is 0 Å². The molecular formula is C22H23N3O4. The van der Waals surface area contributed by atoms with E-state index in [1.165, 1.54) is 0 Å². The van der Waals surface area contributed by atoms with Crippen LogP contribution >= 0.6 is 0 Å². The van der Waals surface area contributed by atoms with E-state index in [2.05, 4.69) is 10.5 Å². The predicted molar refractivity (Wildman–Crippen MR) is 109 cm³/mol. The standard InChI is InChI=1S/C22H23N3O4/c1-22(15-19(24-29-22)16-6-3-2-4-7-16)21(27)23-18-9-5-8-17(14-18)20(26)25-10-12-28-13-11-25/h2-9,14H,10-13,15H2,1H3,(H,23,27). The summed E-state index contributed by atoms with van der Waals surface area (Å²) in [5.41, 5.74) is 1.65. The van der Waals surface area contributed by atoms with Crippen LogP contribution in [0.4, 0.5) is 5.69 Å². The molecule has 2 aliphatic rings. The second kappa shape index (κ2) is 8.05. The third-order valence-corrected chi connectivity index (χ3v) is 5.12. The van der Waals surface area contributed by atoms with Crippen molar-refractivity contribution in [2.75, 3.05) is 31.6 Å². The van der Waals surface area contributed by atoms with Crippen LogP contribution in [0.15, 0.2) is 59.8 Å². The summed E-state index contributed by atoms with van der Waals surface area (Å²) >= 11 is 0. The molecule has 29 heavy (non-hydrogen) atoms. The molecule has 7 heteroatoms. The van der Waals surface area contributed by atoms with E-state index in [0.717, 1.165) is 11.3 Å². The van der Waals surface area contributed by atoms with Gasteiger partial charge in [-0.05, 0) is 30.7 Å². The summed E-state index contributed by atoms with van der Waals surface area (Å²) in [6.45, 7) is 3.94. The average Bonchev–Trinajstić information content (AvgIpc) is 3.18. The monoisotopic (exact) mass is 393 g/mol. The maximum Gasteiger partial charge on any atom is 0.271 e. The zero-order valence-electron chi connectivity index (χ0n) is 16.3. The van der Waals surface area contributed by atoms with Gasteiger partial charge in [-0.25, -0.2) is 0 Å². The molecule has 2 aromatic carbocycles. The first-order valence-corrected chi connectivity index (χ1v) is 9.64. The van der Waals surface area contributed by atoms with Gasteiger partial charge in [-0.15, -0.1) is 0 Å². The molecule has 2 heterocycles. The van der Waals surface area contributed by atoms with Crippen molar-refractivity contribution in [3.8, 4) is 0 Å². The Morgan fingerprint density at radius 2 is 1.83 bits per heavy atom. The highest BCUT2D eigenvalue weighted by atomic mass is 16.7. The second-order valence-corrected chi connectivity index (χ2v) is 7.34. The molecule has 2 amide bonds. The maximum absolute atomic E-state index is 12.9. The van der Waals surface area contributed by atoms with Gasteiger partial charge in [-0.3, -0.25) is 9.59 Å². The Kier molecular flexibility index (Phi) is 5.31. The summed E-state index contributed by atoms with van der Waals surface area (Å²) in [5, 5.41) is 6.97. The lowest BCUT2D eigenvalue weighted by molar-refractivity contribution is -0.135. The third kappa shape index (κ3) is 4.14. The first kappa shape index (κ1) is 19.1. The van der Waals surface area contributed by atoms with Crippen molar-refractivity contribution in [1.82, 2.24) is 4.90 Å². The van der Waals surface area contributed by atoms with E-state index in [0.29, 0.717) is 44.0 Å². The van der Waals surface area contributed by atoms with Crippen LogP contribution in [0.25, 0.3) is 0 Å². The van der Waals surface area contributed by atoms with Gasteiger partial charge in [-0.1, -0.05) is 41.6 Å². The minimum absolute atomic E-state index is 0.0672. The largest absolute Gasteiger partial charge is 0.379 e. The van der Waals surface area contributed by atoms with Crippen LogP contribution < -0.4 is 5.32 Å². The van der Waals surface area contributed by atoms with Crippen molar-refractivity contribution in [2.24, 2.45) is 5.16 Å². The summed E-state index contributed by atoms with van der Waals surface area (Å²) in [4.78, 5) is 32.8. The first-order chi connectivity index (χ1) is 14.0. The minimum Gasteiger partial charge on any atom is -0.379 e. The Morgan fingerprint density at radius 3 is 2.59 bits per heavy atom. The lowest BCUT2D eigenvalue weighted by Crippen LogP contribution is -2.41. The Balaban J connectivity index is 1.43. The highest BCUT2D eigenvalue weighted by Crippen LogP contribution is 2.28. The zero-order valence-corrected chi connectivity index (χ0v) is 16.3. The fourth-order valence-corrected chi connectivity index (χ4v) is 3.39. The van der Waals surface area contributed by atoms with Gasteiger partial charge in [0.1, 0.15) is 0 Å². The topological polar surface area (TPSA) is 80.2 Å². The van der Waals surface area contributed by atoms with Gasteiger partial charge >= 0.3 is 0 Å². The van der Waals surface area contributed by atoms with Gasteiger partial charge in [0.2, 0.25) is 5.60 Å². The number of oxime groups is 1. The molecule has 2 aromatic rings. The molecule has 0 spiro atoms. The number of nitrogens with zero attached hydrogens (tertiary/aromatic N) is 2. The fourth-order valence-electron chi connectivity index (χ4n) is 3.39. The Labute approximate surface area is 169 Å². The van der Waals surface area contributed by atoms with Gasteiger partial charge < -0.3 is 19.8 Å². The summed E-state index contributed by atoms with van der Waals surface area (Å²) in [5.74, 6) is -0.370. The van der Waals surface area contributed by atoms with Crippen molar-refractivity contribution in [1.29, 1.82) is 0 Å². The Bertz CT molecular complexity index is 938. The minimum atomic E-state index is -1.10. The Morgan fingerprint density at radius 1 is 1.07 bits per heavy atom. The SMILES string of the molecule is CC1(C(=O)Nc2cccc(C(=O)N3CCOCC3)c2)CC(c2ccccc2)=NO1. The van der Waals surface area contributed by atoms with Gasteiger partial charge in [0.05, 0.1) is 18.9 Å². The van der Waals surface area contributed by atoms with E-state index in [1.54, 1.807) is 36.1 Å². The molecule has 150 valence electrons. The maximum atomic E-state index is 12.9. The molecule has 0 bridgehead atoms. The van der Waals surface area contributed by atoms with E-state index in [1.807, 2.05) is 30.3 Å². The fraction of sp³-hybridized carbons (Fsp3) is 0.318. The molecule has 2 aliphatic heterocycles. The predicted octanol–water partition coefficient (Wildman–Crippen LogP) is 2.68. The first-order valence-electron chi connectivity index (χ1n) is 9.64. The number of hydrogen-bond donors (Lipinski definition) is 1. The van der Waals surface area contributed by atoms with Crippen molar-refractivity contribution >= 4 is 23.2 Å². The lowest BCUT2D eigenvalue weighted by atomic mass is 9.95. The van der Waals surface area contributed by atoms with E-state index in [-0.39, 0.29) is 11.8 Å². The average molecular weight is 393 g/mol. The number of nitrogens with one attached hydrogen (secondary N) is 1. The molecule has 1 atom stereocenters. The second-order valence-electron chi connectivity index (χ2n) is 7.34.